The van der Waals surface area contributed by atoms with Gasteiger partial charge in [-0.25, -0.2) is 9.37 Å². The molecule has 0 atom stereocenters. The second-order valence-corrected chi connectivity index (χ2v) is 7.30. The van der Waals surface area contributed by atoms with E-state index in [1.165, 1.54) is 12.1 Å². The van der Waals surface area contributed by atoms with Gasteiger partial charge in [-0.2, -0.15) is 18.2 Å². The van der Waals surface area contributed by atoms with Gasteiger partial charge in [0.1, 0.15) is 11.9 Å². The van der Waals surface area contributed by atoms with Crippen LogP contribution in [-0.2, 0) is 10.9 Å². The molecule has 0 radical (unpaired) electrons. The molecule has 0 aliphatic carbocycles. The van der Waals surface area contributed by atoms with Gasteiger partial charge in [0.25, 0.3) is 0 Å². The van der Waals surface area contributed by atoms with E-state index in [0.29, 0.717) is 32.1 Å². The summed E-state index contributed by atoms with van der Waals surface area (Å²) in [4.78, 5) is 9.62. The van der Waals surface area contributed by atoms with E-state index < -0.39 is 23.4 Å². The fourth-order valence-electron chi connectivity index (χ4n) is 3.47. The number of hydrogen-bond donors (Lipinski definition) is 2. The summed E-state index contributed by atoms with van der Waals surface area (Å²) < 4.78 is 65.0. The smallest absolute Gasteiger partial charge is 0.420 e. The number of nitrogens with zero attached hydrogens (tertiary/aromatic N) is 3. The average Bonchev–Trinajstić information content (AvgIpc) is 2.65. The van der Waals surface area contributed by atoms with E-state index in [1.807, 2.05) is 0 Å². The Balaban J connectivity index is 1.47. The van der Waals surface area contributed by atoms with Gasteiger partial charge in [0.15, 0.2) is 11.6 Å². The summed E-state index contributed by atoms with van der Waals surface area (Å²) >= 11 is 0. The molecule has 0 saturated carbocycles. The molecular formula is C19H21F4N5O2. The maximum absolute atomic E-state index is 13.6. The molecule has 3 N–H and O–H groups in total. The first-order valence-electron chi connectivity index (χ1n) is 9.54. The molecule has 2 fully saturated rings. The van der Waals surface area contributed by atoms with Crippen LogP contribution in [0, 0.1) is 5.82 Å². The van der Waals surface area contributed by atoms with Crippen LogP contribution >= 0.6 is 0 Å². The van der Waals surface area contributed by atoms with Crippen LogP contribution in [0.5, 0.6) is 5.75 Å². The standard InChI is InChI=1S/C19H21F4N5O2/c20-15-8-25-18(27-17(15)24)26-11-1-2-16(14(7-11)19(21,22)23)30-13-3-5-28(6-4-13)12-9-29-10-12/h1-2,7-8,12-13H,3-6,9-10H2,(H3,24,25,26,27). The molecule has 2 aliphatic rings. The Kier molecular flexibility index (Phi) is 5.65. The first kappa shape index (κ1) is 20.6. The molecule has 3 heterocycles. The number of halogens is 4. The van der Waals surface area contributed by atoms with Crippen LogP contribution in [0.25, 0.3) is 0 Å². The molecule has 2 aromatic rings. The average molecular weight is 427 g/mol. The lowest BCUT2D eigenvalue weighted by Gasteiger charge is -2.41. The van der Waals surface area contributed by atoms with Gasteiger partial charge in [-0.05, 0) is 31.0 Å². The number of nitrogens with one attached hydrogen (secondary N) is 1. The second kappa shape index (κ2) is 8.23. The molecule has 1 aromatic heterocycles. The zero-order chi connectivity index (χ0) is 21.3. The lowest BCUT2D eigenvalue weighted by atomic mass is 10.0. The highest BCUT2D eigenvalue weighted by molar-refractivity contribution is 5.58. The number of alkyl halides is 3. The number of aromatic nitrogens is 2. The van der Waals surface area contributed by atoms with E-state index in [-0.39, 0.29) is 23.5 Å². The van der Waals surface area contributed by atoms with E-state index in [1.54, 1.807) is 0 Å². The predicted octanol–water partition coefficient (Wildman–Crippen LogP) is 3.20. The molecule has 0 bridgehead atoms. The normalized spacial score (nSPS) is 18.8. The fraction of sp³-hybridized carbons (Fsp3) is 0.474. The summed E-state index contributed by atoms with van der Waals surface area (Å²) in [6.45, 7) is 2.95. The molecule has 162 valence electrons. The van der Waals surface area contributed by atoms with Crippen LogP contribution < -0.4 is 15.8 Å². The lowest BCUT2D eigenvalue weighted by Crippen LogP contribution is -2.52. The molecule has 11 heteroatoms. The number of ether oxygens (including phenoxy) is 2. The highest BCUT2D eigenvalue weighted by atomic mass is 19.4. The zero-order valence-electron chi connectivity index (χ0n) is 16.0. The molecule has 2 saturated heterocycles. The molecule has 4 rings (SSSR count). The third-order valence-electron chi connectivity index (χ3n) is 5.22. The highest BCUT2D eigenvalue weighted by Crippen LogP contribution is 2.39. The summed E-state index contributed by atoms with van der Waals surface area (Å²) in [6.07, 6.45) is -2.76. The maximum atomic E-state index is 13.6. The van der Waals surface area contributed by atoms with Crippen LogP contribution in [-0.4, -0.2) is 53.3 Å². The third kappa shape index (κ3) is 4.57. The number of piperidine rings is 1. The number of rotatable bonds is 5. The van der Waals surface area contributed by atoms with Gasteiger partial charge in [-0.1, -0.05) is 0 Å². The van der Waals surface area contributed by atoms with Gasteiger partial charge in [0.05, 0.1) is 31.0 Å². The number of benzene rings is 1. The van der Waals surface area contributed by atoms with Gasteiger partial charge in [-0.3, -0.25) is 4.90 Å². The summed E-state index contributed by atoms with van der Waals surface area (Å²) in [5.41, 5.74) is 4.54. The van der Waals surface area contributed by atoms with Crippen LogP contribution in [0.4, 0.5) is 35.0 Å². The predicted molar refractivity (Wildman–Crippen MR) is 101 cm³/mol. The van der Waals surface area contributed by atoms with Crippen LogP contribution in [0.3, 0.4) is 0 Å². The number of nitrogens with two attached hydrogens (primary N) is 1. The lowest BCUT2D eigenvalue weighted by molar-refractivity contribution is -0.139. The molecule has 2 aliphatic heterocycles. The SMILES string of the molecule is Nc1nc(Nc2ccc(OC3CCN(C4COC4)CC3)c(C(F)(F)F)c2)ncc1F. The van der Waals surface area contributed by atoms with Crippen molar-refractivity contribution in [1.29, 1.82) is 0 Å². The van der Waals surface area contributed by atoms with Crippen LogP contribution in [0.2, 0.25) is 0 Å². The van der Waals surface area contributed by atoms with Crippen molar-refractivity contribution in [3.63, 3.8) is 0 Å². The van der Waals surface area contributed by atoms with Gasteiger partial charge in [-0.15, -0.1) is 0 Å². The van der Waals surface area contributed by atoms with Crippen molar-refractivity contribution in [3.05, 3.63) is 35.8 Å². The van der Waals surface area contributed by atoms with Gasteiger partial charge >= 0.3 is 6.18 Å². The van der Waals surface area contributed by atoms with Crippen LogP contribution in [0.1, 0.15) is 18.4 Å². The summed E-state index contributed by atoms with van der Waals surface area (Å²) in [5, 5.41) is 2.60. The topological polar surface area (TPSA) is 85.5 Å². The van der Waals surface area contributed by atoms with Gasteiger partial charge < -0.3 is 20.5 Å². The van der Waals surface area contributed by atoms with E-state index in [4.69, 9.17) is 15.2 Å². The van der Waals surface area contributed by atoms with E-state index in [2.05, 4.69) is 20.2 Å². The van der Waals surface area contributed by atoms with Crippen LogP contribution in [0.15, 0.2) is 24.4 Å². The third-order valence-corrected chi connectivity index (χ3v) is 5.22. The Labute approximate surface area is 170 Å². The molecule has 0 spiro atoms. The Bertz CT molecular complexity index is 899. The van der Waals surface area contributed by atoms with Crippen molar-refractivity contribution in [2.24, 2.45) is 0 Å². The van der Waals surface area contributed by atoms with Gasteiger partial charge in [0.2, 0.25) is 5.95 Å². The number of likely N-dealkylation sites (tertiary alicyclic amines) is 1. The Morgan fingerprint density at radius 3 is 2.53 bits per heavy atom. The largest absolute Gasteiger partial charge is 0.490 e. The summed E-state index contributed by atoms with van der Waals surface area (Å²) in [6, 6.07) is 4.02. The van der Waals surface area contributed by atoms with Crippen molar-refractivity contribution in [2.75, 3.05) is 37.4 Å². The Hall–Kier alpha value is -2.66. The molecule has 30 heavy (non-hydrogen) atoms. The van der Waals surface area contributed by atoms with E-state index in [0.717, 1.165) is 25.4 Å². The van der Waals surface area contributed by atoms with E-state index >= 15 is 0 Å². The fourth-order valence-corrected chi connectivity index (χ4v) is 3.47. The maximum Gasteiger partial charge on any atom is 0.420 e. The van der Waals surface area contributed by atoms with Crippen molar-refractivity contribution in [2.45, 2.75) is 31.2 Å². The first-order chi connectivity index (χ1) is 14.3. The number of hydrogen-bond acceptors (Lipinski definition) is 7. The highest BCUT2D eigenvalue weighted by Gasteiger charge is 2.36. The molecular weight excluding hydrogens is 406 g/mol. The van der Waals surface area contributed by atoms with Crippen molar-refractivity contribution < 1.29 is 27.0 Å². The monoisotopic (exact) mass is 427 g/mol. The molecule has 1 aromatic carbocycles. The second-order valence-electron chi connectivity index (χ2n) is 7.30. The molecule has 0 unspecified atom stereocenters. The molecule has 7 nitrogen and oxygen atoms in total. The van der Waals surface area contributed by atoms with Crippen molar-refractivity contribution >= 4 is 17.5 Å². The quantitative estimate of drug-likeness (QED) is 0.709. The number of nitrogen functional groups attached to an aromatic ring is 1. The minimum Gasteiger partial charge on any atom is -0.490 e. The van der Waals surface area contributed by atoms with Crippen molar-refractivity contribution in [3.8, 4) is 5.75 Å². The minimum absolute atomic E-state index is 0.0838. The first-order valence-corrected chi connectivity index (χ1v) is 9.54. The zero-order valence-corrected chi connectivity index (χ0v) is 16.0. The summed E-state index contributed by atoms with van der Waals surface area (Å²) in [7, 11) is 0. The summed E-state index contributed by atoms with van der Waals surface area (Å²) in [5.74, 6) is -1.54. The Morgan fingerprint density at radius 1 is 1.20 bits per heavy atom. The van der Waals surface area contributed by atoms with Gasteiger partial charge in [0, 0.05) is 18.8 Å². The number of anilines is 3. The molecule has 0 amide bonds. The minimum atomic E-state index is -4.61. The Morgan fingerprint density at radius 2 is 1.93 bits per heavy atom. The van der Waals surface area contributed by atoms with Crippen molar-refractivity contribution in [1.82, 2.24) is 14.9 Å². The van der Waals surface area contributed by atoms with E-state index in [9.17, 15) is 17.6 Å².